The molecule has 1 aromatic carbocycles. The third kappa shape index (κ3) is 5.80. The van der Waals surface area contributed by atoms with E-state index in [2.05, 4.69) is 33.9 Å². The van der Waals surface area contributed by atoms with Crippen molar-refractivity contribution in [1.29, 1.82) is 0 Å². The van der Waals surface area contributed by atoms with Crippen molar-refractivity contribution in [1.82, 2.24) is 20.0 Å². The van der Waals surface area contributed by atoms with Gasteiger partial charge in [0.25, 0.3) is 0 Å². The van der Waals surface area contributed by atoms with Crippen molar-refractivity contribution in [3.05, 3.63) is 35.9 Å². The summed E-state index contributed by atoms with van der Waals surface area (Å²) in [7, 11) is 0. The molecule has 2 heterocycles. The van der Waals surface area contributed by atoms with Gasteiger partial charge in [-0.2, -0.15) is 0 Å². The van der Waals surface area contributed by atoms with Crippen LogP contribution in [0.4, 0.5) is 0 Å². The van der Waals surface area contributed by atoms with E-state index in [0.717, 1.165) is 44.6 Å². The third-order valence-electron chi connectivity index (χ3n) is 6.46. The SMILES string of the molecule is CC(C(=O)N1C(C)CCCC1C)N1CCN(CC(=O)NCc2ccccc2)CC1. The van der Waals surface area contributed by atoms with E-state index in [-0.39, 0.29) is 17.9 Å². The Morgan fingerprint density at radius 3 is 2.28 bits per heavy atom. The van der Waals surface area contributed by atoms with E-state index in [4.69, 9.17) is 0 Å². The molecule has 2 saturated heterocycles. The van der Waals surface area contributed by atoms with Gasteiger partial charge in [0, 0.05) is 44.8 Å². The molecule has 2 amide bonds. The summed E-state index contributed by atoms with van der Waals surface area (Å²) in [6, 6.07) is 10.5. The fourth-order valence-corrected chi connectivity index (χ4v) is 4.59. The molecule has 3 rings (SSSR count). The molecule has 2 aliphatic heterocycles. The molecule has 3 atom stereocenters. The van der Waals surface area contributed by atoms with E-state index in [1.807, 2.05) is 37.3 Å². The van der Waals surface area contributed by atoms with E-state index in [9.17, 15) is 9.59 Å². The van der Waals surface area contributed by atoms with Crippen molar-refractivity contribution < 1.29 is 9.59 Å². The van der Waals surface area contributed by atoms with Crippen LogP contribution in [0.1, 0.15) is 45.6 Å². The van der Waals surface area contributed by atoms with Crippen LogP contribution in [0, 0.1) is 0 Å². The van der Waals surface area contributed by atoms with Crippen LogP contribution in [0.3, 0.4) is 0 Å². The number of nitrogens with zero attached hydrogens (tertiary/aromatic N) is 3. The molecule has 3 unspecified atom stereocenters. The van der Waals surface area contributed by atoms with Gasteiger partial charge in [0.15, 0.2) is 0 Å². The van der Waals surface area contributed by atoms with Gasteiger partial charge in [0.1, 0.15) is 0 Å². The monoisotopic (exact) mass is 400 g/mol. The highest BCUT2D eigenvalue weighted by molar-refractivity contribution is 5.82. The fraction of sp³-hybridized carbons (Fsp3) is 0.652. The van der Waals surface area contributed by atoms with Crippen LogP contribution in [0.2, 0.25) is 0 Å². The average Bonchev–Trinajstić information content (AvgIpc) is 2.73. The minimum Gasteiger partial charge on any atom is -0.351 e. The van der Waals surface area contributed by atoms with Gasteiger partial charge in [-0.05, 0) is 45.6 Å². The van der Waals surface area contributed by atoms with E-state index in [1.54, 1.807) is 0 Å². The normalized spacial score (nSPS) is 24.9. The first-order valence-electron chi connectivity index (χ1n) is 11.0. The Labute approximate surface area is 175 Å². The molecule has 160 valence electrons. The van der Waals surface area contributed by atoms with Gasteiger partial charge in [-0.3, -0.25) is 19.4 Å². The topological polar surface area (TPSA) is 55.9 Å². The Bertz CT molecular complexity index is 663. The molecule has 1 N–H and O–H groups in total. The van der Waals surface area contributed by atoms with Gasteiger partial charge in [-0.25, -0.2) is 0 Å². The maximum absolute atomic E-state index is 13.1. The average molecular weight is 401 g/mol. The summed E-state index contributed by atoms with van der Waals surface area (Å²) in [6.45, 7) is 10.7. The van der Waals surface area contributed by atoms with Crippen molar-refractivity contribution in [2.75, 3.05) is 32.7 Å². The number of likely N-dealkylation sites (tertiary alicyclic amines) is 1. The maximum Gasteiger partial charge on any atom is 0.240 e. The van der Waals surface area contributed by atoms with E-state index in [1.165, 1.54) is 6.42 Å². The minimum absolute atomic E-state index is 0.0578. The van der Waals surface area contributed by atoms with Crippen LogP contribution in [0.25, 0.3) is 0 Å². The smallest absolute Gasteiger partial charge is 0.240 e. The summed E-state index contributed by atoms with van der Waals surface area (Å²) < 4.78 is 0. The van der Waals surface area contributed by atoms with Crippen LogP contribution < -0.4 is 5.32 Å². The van der Waals surface area contributed by atoms with Gasteiger partial charge in [-0.15, -0.1) is 0 Å². The summed E-state index contributed by atoms with van der Waals surface area (Å²) in [4.78, 5) is 31.9. The molecule has 0 aliphatic carbocycles. The lowest BCUT2D eigenvalue weighted by molar-refractivity contribution is -0.143. The Hall–Kier alpha value is -1.92. The van der Waals surface area contributed by atoms with Crippen molar-refractivity contribution in [3.8, 4) is 0 Å². The molecule has 0 radical (unpaired) electrons. The van der Waals surface area contributed by atoms with Crippen LogP contribution in [0.5, 0.6) is 0 Å². The van der Waals surface area contributed by atoms with Crippen molar-refractivity contribution >= 4 is 11.8 Å². The van der Waals surface area contributed by atoms with Crippen LogP contribution in [0.15, 0.2) is 30.3 Å². The zero-order valence-corrected chi connectivity index (χ0v) is 18.1. The molecule has 29 heavy (non-hydrogen) atoms. The minimum atomic E-state index is -0.0907. The molecule has 0 aromatic heterocycles. The Morgan fingerprint density at radius 2 is 1.66 bits per heavy atom. The van der Waals surface area contributed by atoms with Gasteiger partial charge in [0.2, 0.25) is 11.8 Å². The van der Waals surface area contributed by atoms with Crippen LogP contribution in [-0.4, -0.2) is 77.4 Å². The second kappa shape index (κ2) is 10.2. The van der Waals surface area contributed by atoms with E-state index < -0.39 is 0 Å². The number of piperidine rings is 1. The first-order chi connectivity index (χ1) is 14.0. The number of carbonyl (C=O) groups is 2. The number of benzene rings is 1. The molecular weight excluding hydrogens is 364 g/mol. The van der Waals surface area contributed by atoms with Gasteiger partial charge in [-0.1, -0.05) is 30.3 Å². The number of carbonyl (C=O) groups excluding carboxylic acids is 2. The summed E-state index contributed by atoms with van der Waals surface area (Å²) in [6.07, 6.45) is 3.43. The van der Waals surface area contributed by atoms with E-state index in [0.29, 0.717) is 25.2 Å². The lowest BCUT2D eigenvalue weighted by atomic mass is 9.96. The van der Waals surface area contributed by atoms with Crippen molar-refractivity contribution in [3.63, 3.8) is 0 Å². The first-order valence-corrected chi connectivity index (χ1v) is 11.0. The fourth-order valence-electron chi connectivity index (χ4n) is 4.59. The highest BCUT2D eigenvalue weighted by atomic mass is 16.2. The van der Waals surface area contributed by atoms with Crippen LogP contribution in [-0.2, 0) is 16.1 Å². The highest BCUT2D eigenvalue weighted by Gasteiger charge is 2.34. The van der Waals surface area contributed by atoms with E-state index >= 15 is 0 Å². The van der Waals surface area contributed by atoms with Gasteiger partial charge < -0.3 is 10.2 Å². The summed E-state index contributed by atoms with van der Waals surface area (Å²) in [5.74, 6) is 0.321. The Balaban J connectivity index is 1.42. The molecule has 0 bridgehead atoms. The number of piperazine rings is 1. The number of hydrogen-bond donors (Lipinski definition) is 1. The third-order valence-corrected chi connectivity index (χ3v) is 6.46. The molecule has 1 aromatic rings. The molecule has 6 nitrogen and oxygen atoms in total. The Kier molecular flexibility index (Phi) is 7.67. The van der Waals surface area contributed by atoms with Crippen LogP contribution >= 0.6 is 0 Å². The second-order valence-electron chi connectivity index (χ2n) is 8.62. The molecule has 0 spiro atoms. The molecule has 2 fully saturated rings. The number of nitrogens with one attached hydrogen (secondary N) is 1. The van der Waals surface area contributed by atoms with Crippen molar-refractivity contribution in [2.45, 2.75) is 64.7 Å². The molecule has 2 aliphatic rings. The largest absolute Gasteiger partial charge is 0.351 e. The first kappa shape index (κ1) is 21.8. The zero-order valence-electron chi connectivity index (χ0n) is 18.1. The lowest BCUT2D eigenvalue weighted by Gasteiger charge is -2.44. The van der Waals surface area contributed by atoms with Crippen molar-refractivity contribution in [2.24, 2.45) is 0 Å². The molecular formula is C23H36N4O2. The maximum atomic E-state index is 13.1. The quantitative estimate of drug-likeness (QED) is 0.795. The lowest BCUT2D eigenvalue weighted by Crippen LogP contribution is -2.58. The summed E-state index contributed by atoms with van der Waals surface area (Å²) >= 11 is 0. The standard InChI is InChI=1S/C23H36N4O2/c1-18-8-7-9-19(2)27(18)23(29)20(3)26-14-12-25(13-15-26)17-22(28)24-16-21-10-5-4-6-11-21/h4-6,10-11,18-20H,7-9,12-17H2,1-3H3,(H,24,28). The van der Waals surface area contributed by atoms with Gasteiger partial charge >= 0.3 is 0 Å². The summed E-state index contributed by atoms with van der Waals surface area (Å²) in [5.41, 5.74) is 1.11. The highest BCUT2D eigenvalue weighted by Crippen LogP contribution is 2.24. The molecule has 6 heteroatoms. The number of amides is 2. The predicted molar refractivity (Wildman–Crippen MR) is 115 cm³/mol. The number of rotatable bonds is 6. The second-order valence-corrected chi connectivity index (χ2v) is 8.62. The van der Waals surface area contributed by atoms with Gasteiger partial charge in [0.05, 0.1) is 12.6 Å². The number of hydrogen-bond acceptors (Lipinski definition) is 4. The summed E-state index contributed by atoms with van der Waals surface area (Å²) in [5, 5.41) is 3.00. The zero-order chi connectivity index (χ0) is 20.8. The molecule has 0 saturated carbocycles. The predicted octanol–water partition coefficient (Wildman–Crippen LogP) is 2.10. The Morgan fingerprint density at radius 1 is 1.03 bits per heavy atom.